The predicted octanol–water partition coefficient (Wildman–Crippen LogP) is 1.17. The van der Waals surface area contributed by atoms with Crippen LogP contribution in [0.1, 0.15) is 12.6 Å². The van der Waals surface area contributed by atoms with E-state index in [0.717, 1.165) is 6.20 Å². The Kier molecular flexibility index (Phi) is 3.41. The van der Waals surface area contributed by atoms with Crippen LogP contribution in [-0.4, -0.2) is 32.8 Å². The second kappa shape index (κ2) is 4.48. The minimum absolute atomic E-state index is 0.178. The molecule has 18 heavy (non-hydrogen) atoms. The van der Waals surface area contributed by atoms with E-state index in [9.17, 15) is 18.0 Å². The number of hydrogen-bond donors (Lipinski definition) is 2. The Morgan fingerprint density at radius 1 is 1.56 bits per heavy atom. The van der Waals surface area contributed by atoms with Gasteiger partial charge in [-0.1, -0.05) is 0 Å². The van der Waals surface area contributed by atoms with E-state index in [0.29, 0.717) is 6.92 Å². The largest absolute Gasteiger partial charge is 0.479 e. The van der Waals surface area contributed by atoms with Crippen LogP contribution in [0.15, 0.2) is 12.3 Å². The number of nitrogens with one attached hydrogen (secondary N) is 1. The van der Waals surface area contributed by atoms with Crippen molar-refractivity contribution in [2.45, 2.75) is 18.6 Å². The third-order valence-corrected chi connectivity index (χ3v) is 2.13. The molecule has 9 heteroatoms. The van der Waals surface area contributed by atoms with Crippen LogP contribution in [0.4, 0.5) is 19.1 Å². The zero-order valence-electron chi connectivity index (χ0n) is 8.99. The third kappa shape index (κ3) is 2.48. The number of halogens is 3. The number of rotatable bonds is 3. The van der Waals surface area contributed by atoms with Gasteiger partial charge >= 0.3 is 12.1 Å². The van der Waals surface area contributed by atoms with E-state index in [1.54, 1.807) is 11.4 Å². The summed E-state index contributed by atoms with van der Waals surface area (Å²) in [5.41, 5.74) is -3.41. The van der Waals surface area contributed by atoms with Crippen LogP contribution in [0.3, 0.4) is 0 Å². The van der Waals surface area contributed by atoms with Crippen molar-refractivity contribution in [2.75, 3.05) is 5.32 Å². The van der Waals surface area contributed by atoms with Gasteiger partial charge in [0.25, 0.3) is 0 Å². The molecule has 0 aromatic carbocycles. The minimum Gasteiger partial charge on any atom is -0.479 e. The van der Waals surface area contributed by atoms with Crippen LogP contribution in [-0.2, 0) is 4.79 Å². The average molecular weight is 260 g/mol. The number of aromatic nitrogens is 2. The summed E-state index contributed by atoms with van der Waals surface area (Å²) in [4.78, 5) is 17.6. The summed E-state index contributed by atoms with van der Waals surface area (Å²) in [5.74, 6) is -2.71. The van der Waals surface area contributed by atoms with Crippen molar-refractivity contribution in [3.05, 3.63) is 18.0 Å². The fourth-order valence-electron chi connectivity index (χ4n) is 0.950. The number of aliphatic carboxylic acids is 1. The first-order valence-electron chi connectivity index (χ1n) is 4.52. The molecule has 0 bridgehead atoms. The van der Waals surface area contributed by atoms with Crippen molar-refractivity contribution in [1.29, 1.82) is 5.26 Å². The molecule has 2 N–H and O–H groups in total. The van der Waals surface area contributed by atoms with Crippen LogP contribution in [0, 0.1) is 11.3 Å². The summed E-state index contributed by atoms with van der Waals surface area (Å²) in [6.45, 7) is 0.442. The van der Waals surface area contributed by atoms with Crippen LogP contribution in [0.2, 0.25) is 0 Å². The molecule has 1 unspecified atom stereocenters. The van der Waals surface area contributed by atoms with E-state index < -0.39 is 23.6 Å². The quantitative estimate of drug-likeness (QED) is 0.846. The second-order valence-corrected chi connectivity index (χ2v) is 3.43. The Hall–Kier alpha value is -2.37. The molecule has 0 aliphatic heterocycles. The molecular formula is C9H7F3N4O2. The highest BCUT2D eigenvalue weighted by Gasteiger charge is 2.58. The van der Waals surface area contributed by atoms with E-state index >= 15 is 0 Å². The fraction of sp³-hybridized carbons (Fsp3) is 0.333. The smallest absolute Gasteiger partial charge is 0.422 e. The van der Waals surface area contributed by atoms with Crippen molar-refractivity contribution < 1.29 is 23.1 Å². The van der Waals surface area contributed by atoms with Crippen molar-refractivity contribution in [1.82, 2.24) is 9.97 Å². The van der Waals surface area contributed by atoms with Crippen LogP contribution < -0.4 is 5.32 Å². The molecule has 0 spiro atoms. The molecule has 1 aromatic heterocycles. The SMILES string of the molecule is CC(Nc1nccc(C#N)n1)(C(=O)O)C(F)(F)F. The van der Waals surface area contributed by atoms with Gasteiger partial charge in [0.15, 0.2) is 0 Å². The highest BCUT2D eigenvalue weighted by Crippen LogP contribution is 2.32. The lowest BCUT2D eigenvalue weighted by Crippen LogP contribution is -2.56. The topological polar surface area (TPSA) is 98.9 Å². The van der Waals surface area contributed by atoms with Crippen LogP contribution in [0.25, 0.3) is 0 Å². The molecule has 0 aliphatic rings. The summed E-state index contributed by atoms with van der Waals surface area (Å²) in [6, 6.07) is 2.78. The Morgan fingerprint density at radius 2 is 2.17 bits per heavy atom. The molecule has 0 aliphatic carbocycles. The zero-order chi connectivity index (χ0) is 14.0. The molecule has 0 fully saturated rings. The predicted molar refractivity (Wildman–Crippen MR) is 52.5 cm³/mol. The normalized spacial score (nSPS) is 14.4. The highest BCUT2D eigenvalue weighted by molar-refractivity contribution is 5.82. The van der Waals surface area contributed by atoms with Gasteiger partial charge in [-0.3, -0.25) is 0 Å². The lowest BCUT2D eigenvalue weighted by molar-refractivity contribution is -0.193. The number of carboxylic acids is 1. The Labute approximate surface area is 99.1 Å². The van der Waals surface area contributed by atoms with Gasteiger partial charge in [-0.25, -0.2) is 14.8 Å². The number of carbonyl (C=O) groups is 1. The molecule has 1 rings (SSSR count). The van der Waals surface area contributed by atoms with Gasteiger partial charge in [0, 0.05) is 6.20 Å². The van der Waals surface area contributed by atoms with Crippen LogP contribution >= 0.6 is 0 Å². The third-order valence-electron chi connectivity index (χ3n) is 2.13. The minimum atomic E-state index is -5.05. The number of nitrogens with zero attached hydrogens (tertiary/aromatic N) is 3. The molecular weight excluding hydrogens is 253 g/mol. The number of anilines is 1. The average Bonchev–Trinajstić information content (AvgIpc) is 2.27. The zero-order valence-corrected chi connectivity index (χ0v) is 8.99. The molecule has 0 saturated carbocycles. The monoisotopic (exact) mass is 260 g/mol. The lowest BCUT2D eigenvalue weighted by atomic mass is 10.0. The summed E-state index contributed by atoms with van der Waals surface area (Å²) >= 11 is 0. The molecule has 1 aromatic rings. The fourth-order valence-corrected chi connectivity index (χ4v) is 0.950. The van der Waals surface area contributed by atoms with E-state index in [1.165, 1.54) is 6.07 Å². The van der Waals surface area contributed by atoms with Gasteiger partial charge in [-0.2, -0.15) is 18.4 Å². The van der Waals surface area contributed by atoms with E-state index in [1.807, 2.05) is 0 Å². The molecule has 6 nitrogen and oxygen atoms in total. The van der Waals surface area contributed by atoms with Gasteiger partial charge in [0.05, 0.1) is 0 Å². The van der Waals surface area contributed by atoms with E-state index in [-0.39, 0.29) is 5.69 Å². The molecule has 0 saturated heterocycles. The Bertz CT molecular complexity index is 511. The molecule has 0 radical (unpaired) electrons. The maximum absolute atomic E-state index is 12.7. The van der Waals surface area contributed by atoms with Crippen molar-refractivity contribution >= 4 is 11.9 Å². The number of hydrogen-bond acceptors (Lipinski definition) is 5. The molecule has 0 amide bonds. The van der Waals surface area contributed by atoms with Gasteiger partial charge in [0.2, 0.25) is 11.5 Å². The maximum atomic E-state index is 12.7. The van der Waals surface area contributed by atoms with E-state index in [4.69, 9.17) is 10.4 Å². The van der Waals surface area contributed by atoms with E-state index in [2.05, 4.69) is 9.97 Å². The Balaban J connectivity index is 3.13. The summed E-state index contributed by atoms with van der Waals surface area (Å²) in [6.07, 6.45) is -4.00. The number of carboxylic acid groups (broad SMARTS) is 1. The molecule has 1 heterocycles. The van der Waals surface area contributed by atoms with Gasteiger partial charge in [-0.05, 0) is 13.0 Å². The number of alkyl halides is 3. The first kappa shape index (κ1) is 13.7. The highest BCUT2D eigenvalue weighted by atomic mass is 19.4. The summed E-state index contributed by atoms with van der Waals surface area (Å²) < 4.78 is 38.0. The van der Waals surface area contributed by atoms with Crippen molar-refractivity contribution in [3.63, 3.8) is 0 Å². The first-order chi connectivity index (χ1) is 8.20. The van der Waals surface area contributed by atoms with Gasteiger partial charge in [-0.15, -0.1) is 0 Å². The first-order valence-corrected chi connectivity index (χ1v) is 4.52. The Morgan fingerprint density at radius 3 is 2.61 bits per heavy atom. The molecule has 96 valence electrons. The lowest BCUT2D eigenvalue weighted by Gasteiger charge is -2.28. The van der Waals surface area contributed by atoms with Gasteiger partial charge in [0.1, 0.15) is 11.8 Å². The van der Waals surface area contributed by atoms with Gasteiger partial charge < -0.3 is 10.4 Å². The summed E-state index contributed by atoms with van der Waals surface area (Å²) in [7, 11) is 0. The van der Waals surface area contributed by atoms with Crippen LogP contribution in [0.5, 0.6) is 0 Å². The number of nitriles is 1. The van der Waals surface area contributed by atoms with Crippen molar-refractivity contribution in [2.24, 2.45) is 0 Å². The second-order valence-electron chi connectivity index (χ2n) is 3.43. The molecule has 1 atom stereocenters. The summed E-state index contributed by atoms with van der Waals surface area (Å²) in [5, 5.41) is 18.8. The maximum Gasteiger partial charge on any atom is 0.422 e. The standard InChI is InChI=1S/C9H7F3N4O2/c1-8(6(17)18,9(10,11)12)16-7-14-3-2-5(4-13)15-7/h2-3H,1H3,(H,17,18)(H,14,15,16). The van der Waals surface area contributed by atoms with Crippen molar-refractivity contribution in [3.8, 4) is 6.07 Å².